The minimum Gasteiger partial charge on any atom is -0.335 e. The van der Waals surface area contributed by atoms with Crippen LogP contribution in [0.5, 0.6) is 0 Å². The van der Waals surface area contributed by atoms with Crippen molar-refractivity contribution in [1.82, 2.24) is 20.0 Å². The number of hydrogen-bond donors (Lipinski definition) is 1. The number of amides is 1. The summed E-state index contributed by atoms with van der Waals surface area (Å²) in [4.78, 5) is 17.6. The Morgan fingerprint density at radius 2 is 1.41 bits per heavy atom. The predicted octanol–water partition coefficient (Wildman–Crippen LogP) is 5.24. The molecular weight excluding hydrogens is 420 g/mol. The van der Waals surface area contributed by atoms with Crippen molar-refractivity contribution in [3.8, 4) is 11.3 Å². The molecule has 1 fully saturated rings. The number of nitrogens with one attached hydrogen (secondary N) is 1. The lowest BCUT2D eigenvalue weighted by atomic mass is 9.96. The number of piperazine rings is 1. The van der Waals surface area contributed by atoms with Crippen molar-refractivity contribution < 1.29 is 4.79 Å². The first-order valence-corrected chi connectivity index (χ1v) is 11.9. The van der Waals surface area contributed by atoms with Gasteiger partial charge in [-0.05, 0) is 48.2 Å². The van der Waals surface area contributed by atoms with Crippen LogP contribution in [0, 0.1) is 13.8 Å². The number of carbonyl (C=O) groups excluding carboxylic acids is 1. The van der Waals surface area contributed by atoms with Crippen molar-refractivity contribution in [2.75, 3.05) is 26.2 Å². The number of aromatic nitrogens is 2. The molecule has 0 atom stereocenters. The van der Waals surface area contributed by atoms with Gasteiger partial charge < -0.3 is 4.90 Å². The molecule has 0 aliphatic carbocycles. The first-order chi connectivity index (χ1) is 16.6. The number of hydrogen-bond acceptors (Lipinski definition) is 3. The summed E-state index contributed by atoms with van der Waals surface area (Å²) in [5.41, 5.74) is 7.40. The van der Waals surface area contributed by atoms with Crippen molar-refractivity contribution in [1.29, 1.82) is 0 Å². The molecule has 3 aromatic carbocycles. The minimum atomic E-state index is 0.0122. The number of H-pyrrole nitrogens is 1. The lowest BCUT2D eigenvalue weighted by Gasteiger charge is -2.39. The maximum atomic E-state index is 13.2. The van der Waals surface area contributed by atoms with Crippen LogP contribution in [0.1, 0.15) is 38.8 Å². The number of aryl methyl sites for hydroxylation is 2. The molecule has 34 heavy (non-hydrogen) atoms. The van der Waals surface area contributed by atoms with Crippen molar-refractivity contribution in [3.05, 3.63) is 113 Å². The quantitative estimate of drug-likeness (QED) is 0.452. The van der Waals surface area contributed by atoms with Gasteiger partial charge in [-0.2, -0.15) is 5.10 Å². The van der Waals surface area contributed by atoms with E-state index in [0.29, 0.717) is 18.8 Å². The Hall–Kier alpha value is -3.70. The Labute approximate surface area is 201 Å². The lowest BCUT2D eigenvalue weighted by molar-refractivity contribution is 0.0592. The van der Waals surface area contributed by atoms with E-state index in [-0.39, 0.29) is 11.9 Å². The molecule has 4 aromatic rings. The number of nitrogens with zero attached hydrogens (tertiary/aromatic N) is 3. The lowest BCUT2D eigenvalue weighted by Crippen LogP contribution is -2.50. The fourth-order valence-corrected chi connectivity index (χ4v) is 4.72. The highest BCUT2D eigenvalue weighted by Gasteiger charge is 2.29. The first-order valence-electron chi connectivity index (χ1n) is 11.9. The van der Waals surface area contributed by atoms with Gasteiger partial charge in [-0.25, -0.2) is 0 Å². The summed E-state index contributed by atoms with van der Waals surface area (Å²) in [6.07, 6.45) is 0. The van der Waals surface area contributed by atoms with Gasteiger partial charge in [-0.15, -0.1) is 0 Å². The third kappa shape index (κ3) is 4.52. The summed E-state index contributed by atoms with van der Waals surface area (Å²) in [6.45, 7) is 7.20. The number of benzene rings is 3. The van der Waals surface area contributed by atoms with Crippen molar-refractivity contribution in [2.24, 2.45) is 0 Å². The molecule has 1 amide bonds. The fourth-order valence-electron chi connectivity index (χ4n) is 4.72. The minimum absolute atomic E-state index is 0.0122. The molecule has 1 aliphatic heterocycles. The topological polar surface area (TPSA) is 52.2 Å². The second kappa shape index (κ2) is 9.65. The summed E-state index contributed by atoms with van der Waals surface area (Å²) in [5, 5.41) is 7.38. The second-order valence-electron chi connectivity index (χ2n) is 9.02. The van der Waals surface area contributed by atoms with E-state index in [1.54, 1.807) is 0 Å². The smallest absolute Gasteiger partial charge is 0.271 e. The van der Waals surface area contributed by atoms with Crippen molar-refractivity contribution in [3.63, 3.8) is 0 Å². The van der Waals surface area contributed by atoms with Crippen LogP contribution in [0.2, 0.25) is 0 Å². The zero-order valence-corrected chi connectivity index (χ0v) is 19.7. The Bertz CT molecular complexity index is 1220. The van der Waals surface area contributed by atoms with Gasteiger partial charge in [-0.1, -0.05) is 72.8 Å². The van der Waals surface area contributed by atoms with Crippen molar-refractivity contribution >= 4 is 5.91 Å². The van der Waals surface area contributed by atoms with E-state index in [1.807, 2.05) is 11.0 Å². The van der Waals surface area contributed by atoms with Crippen LogP contribution in [0.3, 0.4) is 0 Å². The summed E-state index contributed by atoms with van der Waals surface area (Å²) in [5.74, 6) is 0.0122. The Balaban J connectivity index is 1.29. The van der Waals surface area contributed by atoms with Gasteiger partial charge in [-0.3, -0.25) is 14.8 Å². The molecule has 1 N–H and O–H groups in total. The Morgan fingerprint density at radius 1 is 0.794 bits per heavy atom. The SMILES string of the molecule is Cc1ccc(-c2cc(C(=O)N3CCN(C(c4ccccc4)c4ccccc4)CC3)[nH]n2)cc1C. The molecule has 5 rings (SSSR count). The van der Waals surface area contributed by atoms with Gasteiger partial charge in [0.25, 0.3) is 5.91 Å². The summed E-state index contributed by atoms with van der Waals surface area (Å²) < 4.78 is 0. The van der Waals surface area contributed by atoms with Gasteiger partial charge >= 0.3 is 0 Å². The van der Waals surface area contributed by atoms with E-state index in [2.05, 4.69) is 108 Å². The summed E-state index contributed by atoms with van der Waals surface area (Å²) >= 11 is 0. The summed E-state index contributed by atoms with van der Waals surface area (Å²) in [7, 11) is 0. The van der Waals surface area contributed by atoms with Crippen LogP contribution in [-0.4, -0.2) is 52.1 Å². The molecule has 1 aromatic heterocycles. The maximum Gasteiger partial charge on any atom is 0.271 e. The van der Waals surface area contributed by atoms with Gasteiger partial charge in [0.05, 0.1) is 11.7 Å². The number of carbonyl (C=O) groups is 1. The van der Waals surface area contributed by atoms with Gasteiger partial charge in [0.1, 0.15) is 5.69 Å². The molecule has 0 unspecified atom stereocenters. The predicted molar refractivity (Wildman–Crippen MR) is 136 cm³/mol. The van der Waals surface area contributed by atoms with E-state index in [0.717, 1.165) is 24.3 Å². The van der Waals surface area contributed by atoms with Crippen molar-refractivity contribution in [2.45, 2.75) is 19.9 Å². The normalized spacial score (nSPS) is 14.5. The molecule has 172 valence electrons. The van der Waals surface area contributed by atoms with Gasteiger partial charge in [0.2, 0.25) is 0 Å². The largest absolute Gasteiger partial charge is 0.335 e. The average molecular weight is 451 g/mol. The molecule has 5 nitrogen and oxygen atoms in total. The van der Waals surface area contributed by atoms with Crippen LogP contribution in [0.4, 0.5) is 0 Å². The molecular formula is C29H30N4O. The Kier molecular flexibility index (Phi) is 6.28. The molecule has 5 heteroatoms. The maximum absolute atomic E-state index is 13.2. The molecule has 1 aliphatic rings. The van der Waals surface area contributed by atoms with Gasteiger partial charge in [0, 0.05) is 31.7 Å². The zero-order valence-electron chi connectivity index (χ0n) is 19.7. The monoisotopic (exact) mass is 450 g/mol. The van der Waals surface area contributed by atoms with Crippen LogP contribution in [-0.2, 0) is 0 Å². The highest BCUT2D eigenvalue weighted by Crippen LogP contribution is 2.30. The highest BCUT2D eigenvalue weighted by molar-refractivity contribution is 5.93. The van der Waals surface area contributed by atoms with Crippen LogP contribution in [0.15, 0.2) is 84.9 Å². The van der Waals surface area contributed by atoms with Gasteiger partial charge in [0.15, 0.2) is 0 Å². The number of rotatable bonds is 5. The number of aromatic amines is 1. The van der Waals surface area contributed by atoms with Crippen LogP contribution < -0.4 is 0 Å². The first kappa shape index (κ1) is 22.1. The van der Waals surface area contributed by atoms with E-state index < -0.39 is 0 Å². The molecule has 0 bridgehead atoms. The molecule has 0 radical (unpaired) electrons. The van der Waals surface area contributed by atoms with E-state index in [4.69, 9.17) is 0 Å². The second-order valence-corrected chi connectivity index (χ2v) is 9.02. The van der Waals surface area contributed by atoms with Crippen LogP contribution >= 0.6 is 0 Å². The highest BCUT2D eigenvalue weighted by atomic mass is 16.2. The third-order valence-corrected chi connectivity index (χ3v) is 6.81. The molecule has 0 spiro atoms. The molecule has 0 saturated carbocycles. The zero-order chi connectivity index (χ0) is 23.5. The Morgan fingerprint density at radius 3 is 2.00 bits per heavy atom. The molecule has 1 saturated heterocycles. The fraction of sp³-hybridized carbons (Fsp3) is 0.241. The van der Waals surface area contributed by atoms with E-state index in [9.17, 15) is 4.79 Å². The van der Waals surface area contributed by atoms with E-state index >= 15 is 0 Å². The summed E-state index contributed by atoms with van der Waals surface area (Å²) in [6, 6.07) is 29.6. The van der Waals surface area contributed by atoms with Crippen LogP contribution in [0.25, 0.3) is 11.3 Å². The third-order valence-electron chi connectivity index (χ3n) is 6.81. The average Bonchev–Trinajstić information content (AvgIpc) is 3.38. The molecule has 2 heterocycles. The standard InChI is InChI=1S/C29H30N4O/c1-21-13-14-25(19-22(21)2)26-20-27(31-30-26)29(34)33-17-15-32(16-18-33)28(23-9-5-3-6-10-23)24-11-7-4-8-12-24/h3-14,19-20,28H,15-18H2,1-2H3,(H,30,31). The van der Waals surface area contributed by atoms with E-state index in [1.165, 1.54) is 22.3 Å².